The Bertz CT molecular complexity index is 574. The molecule has 2 aromatic rings. The van der Waals surface area contributed by atoms with Crippen molar-refractivity contribution in [1.82, 2.24) is 5.43 Å². The van der Waals surface area contributed by atoms with Gasteiger partial charge in [-0.05, 0) is 42.6 Å². The highest BCUT2D eigenvalue weighted by atomic mass is 32.1. The van der Waals surface area contributed by atoms with Crippen LogP contribution in [0.15, 0.2) is 46.9 Å². The number of benzene rings is 1. The van der Waals surface area contributed by atoms with E-state index in [0.717, 1.165) is 16.3 Å². The number of hydrogen-bond acceptors (Lipinski definition) is 4. The molecule has 0 bridgehead atoms. The Kier molecular flexibility index (Phi) is 4.30. The van der Waals surface area contributed by atoms with Gasteiger partial charge in [-0.2, -0.15) is 5.10 Å². The lowest BCUT2D eigenvalue weighted by molar-refractivity contribution is 0.0955. The molecule has 0 aliphatic heterocycles. The van der Waals surface area contributed by atoms with Gasteiger partial charge >= 0.3 is 0 Å². The van der Waals surface area contributed by atoms with Gasteiger partial charge in [0.1, 0.15) is 5.75 Å². The largest absolute Gasteiger partial charge is 0.497 e. The van der Waals surface area contributed by atoms with Gasteiger partial charge in [0.2, 0.25) is 0 Å². The lowest BCUT2D eigenvalue weighted by atomic mass is 10.2. The molecule has 0 atom stereocenters. The summed E-state index contributed by atoms with van der Waals surface area (Å²) in [7, 11) is 1.59. The average molecular weight is 274 g/mol. The van der Waals surface area contributed by atoms with Crippen molar-refractivity contribution in [3.8, 4) is 5.75 Å². The monoisotopic (exact) mass is 274 g/mol. The molecule has 0 aliphatic rings. The fraction of sp³-hybridized carbons (Fsp3) is 0.143. The van der Waals surface area contributed by atoms with Crippen molar-refractivity contribution in [2.75, 3.05) is 7.11 Å². The second kappa shape index (κ2) is 6.15. The van der Waals surface area contributed by atoms with E-state index in [1.165, 1.54) is 0 Å². The van der Waals surface area contributed by atoms with Crippen LogP contribution in [0.25, 0.3) is 0 Å². The van der Waals surface area contributed by atoms with Crippen molar-refractivity contribution in [3.05, 3.63) is 52.2 Å². The van der Waals surface area contributed by atoms with Gasteiger partial charge in [0.05, 0.1) is 12.8 Å². The van der Waals surface area contributed by atoms with E-state index in [1.807, 2.05) is 24.4 Å². The quantitative estimate of drug-likeness (QED) is 0.688. The smallest absolute Gasteiger partial charge is 0.271 e. The summed E-state index contributed by atoms with van der Waals surface area (Å²) in [6.07, 6.45) is 0. The van der Waals surface area contributed by atoms with Crippen LogP contribution in [0.2, 0.25) is 0 Å². The van der Waals surface area contributed by atoms with Gasteiger partial charge in [-0.3, -0.25) is 4.79 Å². The summed E-state index contributed by atoms with van der Waals surface area (Å²) >= 11 is 1.58. The first kappa shape index (κ1) is 13.3. The number of nitrogens with zero attached hydrogens (tertiary/aromatic N) is 1. The normalized spacial score (nSPS) is 11.2. The second-order valence-electron chi connectivity index (χ2n) is 3.84. The summed E-state index contributed by atoms with van der Waals surface area (Å²) in [4.78, 5) is 12.9. The lowest BCUT2D eigenvalue weighted by Crippen LogP contribution is -2.19. The van der Waals surface area contributed by atoms with E-state index in [-0.39, 0.29) is 5.91 Å². The van der Waals surface area contributed by atoms with E-state index >= 15 is 0 Å². The summed E-state index contributed by atoms with van der Waals surface area (Å²) in [6.45, 7) is 1.86. The van der Waals surface area contributed by atoms with Crippen LogP contribution in [0.1, 0.15) is 22.2 Å². The third-order valence-corrected chi connectivity index (χ3v) is 3.53. The minimum Gasteiger partial charge on any atom is -0.497 e. The van der Waals surface area contributed by atoms with Crippen LogP contribution in [-0.2, 0) is 0 Å². The Morgan fingerprint density at radius 1 is 1.26 bits per heavy atom. The molecule has 0 saturated heterocycles. The van der Waals surface area contributed by atoms with Crippen molar-refractivity contribution in [2.45, 2.75) is 6.92 Å². The molecule has 5 heteroatoms. The first-order valence-electron chi connectivity index (χ1n) is 5.73. The Hall–Kier alpha value is -2.14. The van der Waals surface area contributed by atoms with Gasteiger partial charge < -0.3 is 4.74 Å². The Morgan fingerprint density at radius 3 is 2.58 bits per heavy atom. The highest BCUT2D eigenvalue weighted by molar-refractivity contribution is 7.12. The number of nitrogens with one attached hydrogen (secondary N) is 1. The van der Waals surface area contributed by atoms with Crippen LogP contribution in [-0.4, -0.2) is 18.7 Å². The number of amides is 1. The van der Waals surface area contributed by atoms with E-state index < -0.39 is 0 Å². The predicted molar refractivity (Wildman–Crippen MR) is 77.0 cm³/mol. The second-order valence-corrected chi connectivity index (χ2v) is 4.79. The van der Waals surface area contributed by atoms with Crippen LogP contribution in [0.3, 0.4) is 0 Å². The molecule has 0 fully saturated rings. The fourth-order valence-electron chi connectivity index (χ4n) is 1.48. The molecule has 1 aromatic carbocycles. The Morgan fingerprint density at radius 2 is 2.00 bits per heavy atom. The first-order valence-corrected chi connectivity index (χ1v) is 6.61. The first-order chi connectivity index (χ1) is 9.20. The average Bonchev–Trinajstić information content (AvgIpc) is 2.98. The Labute approximate surface area is 115 Å². The van der Waals surface area contributed by atoms with E-state index in [0.29, 0.717) is 5.56 Å². The third kappa shape index (κ3) is 3.42. The molecule has 1 aromatic heterocycles. The number of thiophene rings is 1. The van der Waals surface area contributed by atoms with Gasteiger partial charge in [0, 0.05) is 10.4 Å². The molecule has 4 nitrogen and oxygen atoms in total. The molecule has 1 amide bonds. The maximum atomic E-state index is 11.9. The molecule has 98 valence electrons. The Balaban J connectivity index is 2.02. The molecule has 2 rings (SSSR count). The van der Waals surface area contributed by atoms with Gasteiger partial charge in [-0.1, -0.05) is 6.07 Å². The highest BCUT2D eigenvalue weighted by Gasteiger charge is 2.05. The summed E-state index contributed by atoms with van der Waals surface area (Å²) in [5, 5.41) is 6.05. The molecule has 1 N–H and O–H groups in total. The van der Waals surface area contributed by atoms with Crippen molar-refractivity contribution in [3.63, 3.8) is 0 Å². The van der Waals surface area contributed by atoms with Gasteiger partial charge in [0.25, 0.3) is 5.91 Å². The number of methoxy groups -OCH3 is 1. The topological polar surface area (TPSA) is 50.7 Å². The van der Waals surface area contributed by atoms with E-state index in [2.05, 4.69) is 10.5 Å². The predicted octanol–water partition coefficient (Wildman–Crippen LogP) is 2.91. The third-order valence-electron chi connectivity index (χ3n) is 2.56. The van der Waals surface area contributed by atoms with E-state index in [9.17, 15) is 4.79 Å². The van der Waals surface area contributed by atoms with Gasteiger partial charge in [-0.25, -0.2) is 5.43 Å². The fourth-order valence-corrected chi connectivity index (χ4v) is 2.16. The number of carbonyl (C=O) groups is 1. The van der Waals surface area contributed by atoms with E-state index in [1.54, 1.807) is 42.7 Å². The van der Waals surface area contributed by atoms with Gasteiger partial charge in [-0.15, -0.1) is 11.3 Å². The zero-order valence-electron chi connectivity index (χ0n) is 10.7. The number of hydrazone groups is 1. The number of carbonyl (C=O) groups excluding carboxylic acids is 1. The SMILES string of the molecule is COc1ccc(C(=O)NN=C(C)c2cccs2)cc1. The maximum Gasteiger partial charge on any atom is 0.271 e. The minimum absolute atomic E-state index is 0.237. The molecule has 19 heavy (non-hydrogen) atoms. The summed E-state index contributed by atoms with van der Waals surface area (Å²) in [6, 6.07) is 10.8. The molecule has 0 aliphatic carbocycles. The molecular weight excluding hydrogens is 260 g/mol. The highest BCUT2D eigenvalue weighted by Crippen LogP contribution is 2.12. The van der Waals surface area contributed by atoms with Gasteiger partial charge in [0.15, 0.2) is 0 Å². The van der Waals surface area contributed by atoms with Crippen LogP contribution in [0.4, 0.5) is 0 Å². The molecule has 0 radical (unpaired) electrons. The maximum absolute atomic E-state index is 11.9. The molecule has 1 heterocycles. The molecule has 0 unspecified atom stereocenters. The van der Waals surface area contributed by atoms with E-state index in [4.69, 9.17) is 4.74 Å². The number of rotatable bonds is 4. The van der Waals surface area contributed by atoms with Crippen LogP contribution < -0.4 is 10.2 Å². The number of hydrogen-bond donors (Lipinski definition) is 1. The molecular formula is C14H14N2O2S. The summed E-state index contributed by atoms with van der Waals surface area (Å²) in [5.74, 6) is 0.480. The van der Waals surface area contributed by atoms with Crippen molar-refractivity contribution >= 4 is 23.0 Å². The summed E-state index contributed by atoms with van der Waals surface area (Å²) < 4.78 is 5.04. The minimum atomic E-state index is -0.237. The van der Waals surface area contributed by atoms with Crippen LogP contribution in [0.5, 0.6) is 5.75 Å². The van der Waals surface area contributed by atoms with Crippen molar-refractivity contribution in [1.29, 1.82) is 0 Å². The zero-order valence-corrected chi connectivity index (χ0v) is 11.5. The van der Waals surface area contributed by atoms with Crippen LogP contribution >= 0.6 is 11.3 Å². The zero-order chi connectivity index (χ0) is 13.7. The van der Waals surface area contributed by atoms with Crippen molar-refractivity contribution < 1.29 is 9.53 Å². The number of ether oxygens (including phenoxy) is 1. The lowest BCUT2D eigenvalue weighted by Gasteiger charge is -2.03. The molecule has 0 saturated carbocycles. The molecule has 0 spiro atoms. The standard InChI is InChI=1S/C14H14N2O2S/c1-10(13-4-3-9-19-13)15-16-14(17)11-5-7-12(18-2)8-6-11/h3-9H,1-2H3,(H,16,17). The van der Waals surface area contributed by atoms with Crippen LogP contribution in [0, 0.1) is 0 Å². The van der Waals surface area contributed by atoms with Crippen molar-refractivity contribution in [2.24, 2.45) is 5.10 Å². The summed E-state index contributed by atoms with van der Waals surface area (Å²) in [5.41, 5.74) is 3.87.